The Morgan fingerprint density at radius 3 is 2.83 bits per heavy atom. The quantitative estimate of drug-likeness (QED) is 0.652. The first-order chi connectivity index (χ1) is 11.5. The topological polar surface area (TPSA) is 83.8 Å². The number of rotatable bonds is 5. The Bertz CT molecular complexity index is 878. The lowest BCUT2D eigenvalue weighted by Crippen LogP contribution is -2.41. The molecule has 0 saturated heterocycles. The number of aromatic nitrogens is 2. The van der Waals surface area contributed by atoms with Crippen molar-refractivity contribution in [1.82, 2.24) is 15.3 Å². The van der Waals surface area contributed by atoms with Crippen molar-refractivity contribution in [3.63, 3.8) is 0 Å². The van der Waals surface area contributed by atoms with Gasteiger partial charge in [-0.25, -0.2) is 4.98 Å². The minimum atomic E-state index is -0.661. The molecular formula is C17H16Cl2N4O. The molecule has 2 aromatic heterocycles. The minimum Gasteiger partial charge on any atom is -0.351 e. The lowest BCUT2D eigenvalue weighted by molar-refractivity contribution is -0.122. The number of aromatic amines is 1. The van der Waals surface area contributed by atoms with Crippen molar-refractivity contribution in [2.24, 2.45) is 5.73 Å². The van der Waals surface area contributed by atoms with Crippen molar-refractivity contribution in [1.29, 1.82) is 0 Å². The normalized spacial score (nSPS) is 12.3. The van der Waals surface area contributed by atoms with Crippen LogP contribution < -0.4 is 11.1 Å². The number of carbonyl (C=O) groups is 1. The monoisotopic (exact) mass is 362 g/mol. The Hall–Kier alpha value is -2.08. The Kier molecular flexibility index (Phi) is 5.04. The molecule has 2 heterocycles. The number of carbonyl (C=O) groups excluding carboxylic acids is 1. The predicted molar refractivity (Wildman–Crippen MR) is 96.1 cm³/mol. The van der Waals surface area contributed by atoms with E-state index in [9.17, 15) is 4.79 Å². The average Bonchev–Trinajstić information content (AvgIpc) is 3.03. The van der Waals surface area contributed by atoms with E-state index in [1.165, 1.54) is 0 Å². The molecule has 24 heavy (non-hydrogen) atoms. The molecule has 0 fully saturated rings. The number of fused-ring (bicyclic) bond motifs is 1. The van der Waals surface area contributed by atoms with Crippen LogP contribution in [0.4, 0.5) is 0 Å². The van der Waals surface area contributed by atoms with Crippen molar-refractivity contribution >= 4 is 40.1 Å². The SMILES string of the molecule is N[C@@H](Cc1ccc(Cl)c(Cl)c1)C(=O)NCc1cnc2[nH]ccc2c1. The minimum absolute atomic E-state index is 0.227. The second-order valence-electron chi connectivity index (χ2n) is 5.54. The summed E-state index contributed by atoms with van der Waals surface area (Å²) in [6.45, 7) is 0.377. The van der Waals surface area contributed by atoms with Crippen LogP contribution in [0.5, 0.6) is 0 Å². The number of benzene rings is 1. The Labute approximate surface area is 149 Å². The molecule has 0 aliphatic heterocycles. The second kappa shape index (κ2) is 7.21. The summed E-state index contributed by atoms with van der Waals surface area (Å²) >= 11 is 11.9. The van der Waals surface area contributed by atoms with Crippen LogP contribution in [0.1, 0.15) is 11.1 Å². The van der Waals surface area contributed by atoms with Crippen LogP contribution in [0.2, 0.25) is 10.0 Å². The van der Waals surface area contributed by atoms with Crippen LogP contribution in [-0.4, -0.2) is 21.9 Å². The van der Waals surface area contributed by atoms with Gasteiger partial charge < -0.3 is 16.0 Å². The van der Waals surface area contributed by atoms with Gasteiger partial charge in [-0.15, -0.1) is 0 Å². The van der Waals surface area contributed by atoms with Gasteiger partial charge in [-0.3, -0.25) is 4.79 Å². The number of hydrogen-bond acceptors (Lipinski definition) is 3. The van der Waals surface area contributed by atoms with Crippen LogP contribution in [-0.2, 0) is 17.8 Å². The number of amides is 1. The molecule has 4 N–H and O–H groups in total. The highest BCUT2D eigenvalue weighted by Gasteiger charge is 2.14. The third-order valence-electron chi connectivity index (χ3n) is 3.70. The largest absolute Gasteiger partial charge is 0.351 e. The number of nitrogens with two attached hydrogens (primary N) is 1. The molecule has 1 aromatic carbocycles. The first-order valence-electron chi connectivity index (χ1n) is 7.42. The third kappa shape index (κ3) is 3.87. The lowest BCUT2D eigenvalue weighted by atomic mass is 10.1. The van der Waals surface area contributed by atoms with E-state index < -0.39 is 6.04 Å². The van der Waals surface area contributed by atoms with Gasteiger partial charge in [0.1, 0.15) is 5.65 Å². The third-order valence-corrected chi connectivity index (χ3v) is 4.44. The molecule has 124 valence electrons. The van der Waals surface area contributed by atoms with Crippen molar-refractivity contribution < 1.29 is 4.79 Å². The first kappa shape index (κ1) is 16.8. The summed E-state index contributed by atoms with van der Waals surface area (Å²) in [7, 11) is 0. The molecule has 1 atom stereocenters. The maximum absolute atomic E-state index is 12.2. The predicted octanol–water partition coefficient (Wildman–Crippen LogP) is 3.06. The number of pyridine rings is 1. The van der Waals surface area contributed by atoms with Gasteiger partial charge in [0.05, 0.1) is 16.1 Å². The van der Waals surface area contributed by atoms with Crippen LogP contribution in [0.25, 0.3) is 11.0 Å². The van der Waals surface area contributed by atoms with Crippen molar-refractivity contribution in [2.75, 3.05) is 0 Å². The van der Waals surface area contributed by atoms with E-state index in [1.54, 1.807) is 18.3 Å². The summed E-state index contributed by atoms with van der Waals surface area (Å²) in [4.78, 5) is 19.5. The van der Waals surface area contributed by atoms with E-state index in [-0.39, 0.29) is 5.91 Å². The summed E-state index contributed by atoms with van der Waals surface area (Å²) in [6.07, 6.45) is 3.94. The Morgan fingerprint density at radius 1 is 1.21 bits per heavy atom. The van der Waals surface area contributed by atoms with Gasteiger partial charge >= 0.3 is 0 Å². The number of halogens is 2. The fourth-order valence-corrected chi connectivity index (χ4v) is 2.74. The molecule has 0 unspecified atom stereocenters. The van der Waals surface area contributed by atoms with Crippen LogP contribution in [0, 0.1) is 0 Å². The van der Waals surface area contributed by atoms with Gasteiger partial charge in [0, 0.05) is 24.3 Å². The van der Waals surface area contributed by atoms with Gasteiger partial charge in [-0.05, 0) is 41.8 Å². The zero-order valence-electron chi connectivity index (χ0n) is 12.7. The standard InChI is InChI=1S/C17H16Cl2N4O/c18-13-2-1-10(6-14(13)19)7-15(20)17(24)23-9-11-5-12-3-4-21-16(12)22-8-11/h1-6,8,15H,7,9,20H2,(H,21,22)(H,23,24)/t15-/m0/s1. The van der Waals surface area contributed by atoms with E-state index in [0.717, 1.165) is 22.2 Å². The molecule has 0 saturated carbocycles. The van der Waals surface area contributed by atoms with Gasteiger partial charge in [0.25, 0.3) is 0 Å². The maximum Gasteiger partial charge on any atom is 0.237 e. The number of hydrogen-bond donors (Lipinski definition) is 3. The van der Waals surface area contributed by atoms with E-state index in [0.29, 0.717) is 23.0 Å². The molecular weight excluding hydrogens is 347 g/mol. The Balaban J connectivity index is 1.58. The fourth-order valence-electron chi connectivity index (χ4n) is 2.42. The fraction of sp³-hybridized carbons (Fsp3) is 0.176. The summed E-state index contributed by atoms with van der Waals surface area (Å²) in [5, 5.41) is 4.76. The zero-order chi connectivity index (χ0) is 17.1. The van der Waals surface area contributed by atoms with Crippen LogP contribution in [0.3, 0.4) is 0 Å². The van der Waals surface area contributed by atoms with E-state index in [1.807, 2.05) is 24.4 Å². The summed E-state index contributed by atoms with van der Waals surface area (Å²) in [5.41, 5.74) is 8.56. The number of nitrogens with zero attached hydrogens (tertiary/aromatic N) is 1. The van der Waals surface area contributed by atoms with Gasteiger partial charge in [-0.2, -0.15) is 0 Å². The molecule has 5 nitrogen and oxygen atoms in total. The smallest absolute Gasteiger partial charge is 0.237 e. The number of H-pyrrole nitrogens is 1. The molecule has 0 radical (unpaired) electrons. The highest BCUT2D eigenvalue weighted by molar-refractivity contribution is 6.42. The van der Waals surface area contributed by atoms with Gasteiger partial charge in [0.2, 0.25) is 5.91 Å². The van der Waals surface area contributed by atoms with Gasteiger partial charge in [-0.1, -0.05) is 29.3 Å². The zero-order valence-corrected chi connectivity index (χ0v) is 14.2. The molecule has 0 spiro atoms. The highest BCUT2D eigenvalue weighted by Crippen LogP contribution is 2.23. The molecule has 1 amide bonds. The summed E-state index contributed by atoms with van der Waals surface area (Å²) < 4.78 is 0. The summed E-state index contributed by atoms with van der Waals surface area (Å²) in [5.74, 6) is -0.227. The highest BCUT2D eigenvalue weighted by atomic mass is 35.5. The number of nitrogens with one attached hydrogen (secondary N) is 2. The van der Waals surface area contributed by atoms with E-state index in [2.05, 4.69) is 15.3 Å². The van der Waals surface area contributed by atoms with Crippen LogP contribution in [0.15, 0.2) is 42.7 Å². The molecule has 0 bridgehead atoms. The molecule has 7 heteroatoms. The molecule has 3 aromatic rings. The maximum atomic E-state index is 12.2. The van der Waals surface area contributed by atoms with Crippen molar-refractivity contribution in [3.8, 4) is 0 Å². The average molecular weight is 363 g/mol. The molecule has 0 aliphatic carbocycles. The Morgan fingerprint density at radius 2 is 2.04 bits per heavy atom. The molecule has 3 rings (SSSR count). The van der Waals surface area contributed by atoms with Crippen LogP contribution >= 0.6 is 23.2 Å². The van der Waals surface area contributed by atoms with E-state index >= 15 is 0 Å². The summed E-state index contributed by atoms with van der Waals surface area (Å²) in [6, 6.07) is 8.48. The molecule has 0 aliphatic rings. The van der Waals surface area contributed by atoms with E-state index in [4.69, 9.17) is 28.9 Å². The van der Waals surface area contributed by atoms with Gasteiger partial charge in [0.15, 0.2) is 0 Å². The van der Waals surface area contributed by atoms with Crippen molar-refractivity contribution in [2.45, 2.75) is 19.0 Å². The van der Waals surface area contributed by atoms with Crippen molar-refractivity contribution in [3.05, 3.63) is 63.9 Å². The lowest BCUT2D eigenvalue weighted by Gasteiger charge is -2.13. The second-order valence-corrected chi connectivity index (χ2v) is 6.35. The first-order valence-corrected chi connectivity index (χ1v) is 8.18.